The number of anilines is 1. The van der Waals surface area contributed by atoms with Gasteiger partial charge in [0.2, 0.25) is 11.7 Å². The Morgan fingerprint density at radius 3 is 2.62 bits per heavy atom. The third kappa shape index (κ3) is 3.03. The molecule has 0 bridgehead atoms. The Hall–Kier alpha value is -2.67. The predicted octanol–water partition coefficient (Wildman–Crippen LogP) is 2.79. The van der Waals surface area contributed by atoms with Gasteiger partial charge in [-0.05, 0) is 24.3 Å². The monoisotopic (exact) mass is 328 g/mol. The first kappa shape index (κ1) is 14.9. The Labute approximate surface area is 138 Å². The molecule has 1 saturated heterocycles. The summed E-state index contributed by atoms with van der Waals surface area (Å²) < 4.78 is 24.4. The van der Waals surface area contributed by atoms with Crippen LogP contribution in [0.25, 0.3) is 11.6 Å². The molecule has 0 amide bonds. The molecule has 0 radical (unpaired) electrons. The minimum atomic E-state index is -0.175. The molecule has 124 valence electrons. The summed E-state index contributed by atoms with van der Waals surface area (Å²) in [7, 11) is 0. The average Bonchev–Trinajstić information content (AvgIpc) is 3.27. The Morgan fingerprint density at radius 2 is 1.88 bits per heavy atom. The van der Waals surface area contributed by atoms with Gasteiger partial charge in [-0.3, -0.25) is 4.90 Å². The van der Waals surface area contributed by atoms with E-state index in [0.717, 1.165) is 26.2 Å². The fourth-order valence-electron chi connectivity index (χ4n) is 2.87. The van der Waals surface area contributed by atoms with E-state index in [4.69, 9.17) is 8.94 Å². The molecule has 0 atom stereocenters. The molecule has 1 aliphatic rings. The predicted molar refractivity (Wildman–Crippen MR) is 85.9 cm³/mol. The molecule has 0 N–H and O–H groups in total. The summed E-state index contributed by atoms with van der Waals surface area (Å²) in [4.78, 5) is 8.63. The highest BCUT2D eigenvalue weighted by Gasteiger charge is 2.21. The number of halogens is 1. The first-order valence-electron chi connectivity index (χ1n) is 7.88. The van der Waals surface area contributed by atoms with Gasteiger partial charge in [0.1, 0.15) is 5.82 Å². The van der Waals surface area contributed by atoms with Crippen LogP contribution in [0.15, 0.2) is 51.6 Å². The second kappa shape index (κ2) is 6.45. The van der Waals surface area contributed by atoms with E-state index in [2.05, 4.69) is 19.9 Å². The van der Waals surface area contributed by atoms with Crippen LogP contribution in [0.2, 0.25) is 0 Å². The van der Waals surface area contributed by atoms with E-state index in [1.807, 2.05) is 12.1 Å². The third-order valence-electron chi connectivity index (χ3n) is 4.13. The highest BCUT2D eigenvalue weighted by Crippen LogP contribution is 2.21. The van der Waals surface area contributed by atoms with E-state index < -0.39 is 0 Å². The highest BCUT2D eigenvalue weighted by atomic mass is 19.1. The molecule has 3 heterocycles. The Kier molecular flexibility index (Phi) is 4.00. The van der Waals surface area contributed by atoms with Crippen LogP contribution in [0.1, 0.15) is 5.89 Å². The second-order valence-corrected chi connectivity index (χ2v) is 5.70. The van der Waals surface area contributed by atoms with Gasteiger partial charge in [-0.15, -0.1) is 0 Å². The van der Waals surface area contributed by atoms with E-state index in [-0.39, 0.29) is 5.82 Å². The number of nitrogens with zero attached hydrogens (tertiary/aromatic N) is 4. The molecule has 6 nitrogen and oxygen atoms in total. The number of piperazine rings is 1. The first-order chi connectivity index (χ1) is 11.8. The second-order valence-electron chi connectivity index (χ2n) is 5.70. The Bertz CT molecular complexity index is 795. The minimum absolute atomic E-state index is 0.175. The van der Waals surface area contributed by atoms with Crippen LogP contribution < -0.4 is 4.90 Å². The zero-order valence-electron chi connectivity index (χ0n) is 13.1. The van der Waals surface area contributed by atoms with Crippen molar-refractivity contribution in [2.75, 3.05) is 31.1 Å². The van der Waals surface area contributed by atoms with Crippen molar-refractivity contribution >= 4 is 5.69 Å². The number of hydrogen-bond donors (Lipinski definition) is 0. The molecule has 24 heavy (non-hydrogen) atoms. The largest absolute Gasteiger partial charge is 0.461 e. The van der Waals surface area contributed by atoms with Gasteiger partial charge in [0, 0.05) is 26.2 Å². The van der Waals surface area contributed by atoms with E-state index in [0.29, 0.717) is 29.7 Å². The summed E-state index contributed by atoms with van der Waals surface area (Å²) in [5.74, 6) is 1.43. The molecular formula is C17H17FN4O2. The average molecular weight is 328 g/mol. The number of benzene rings is 1. The van der Waals surface area contributed by atoms with Crippen molar-refractivity contribution in [3.05, 3.63) is 54.4 Å². The van der Waals surface area contributed by atoms with Gasteiger partial charge in [0.05, 0.1) is 18.5 Å². The van der Waals surface area contributed by atoms with Crippen LogP contribution in [0, 0.1) is 5.82 Å². The lowest BCUT2D eigenvalue weighted by Crippen LogP contribution is -2.46. The van der Waals surface area contributed by atoms with Gasteiger partial charge in [-0.2, -0.15) is 4.98 Å². The van der Waals surface area contributed by atoms with Crippen LogP contribution in [0.5, 0.6) is 0 Å². The third-order valence-corrected chi connectivity index (χ3v) is 4.13. The fourth-order valence-corrected chi connectivity index (χ4v) is 2.87. The topological polar surface area (TPSA) is 58.5 Å². The van der Waals surface area contributed by atoms with Crippen LogP contribution in [-0.4, -0.2) is 41.2 Å². The molecule has 0 unspecified atom stereocenters. The first-order valence-corrected chi connectivity index (χ1v) is 7.88. The van der Waals surface area contributed by atoms with Gasteiger partial charge in [-0.1, -0.05) is 17.3 Å². The number of rotatable bonds is 4. The van der Waals surface area contributed by atoms with E-state index in [9.17, 15) is 4.39 Å². The molecule has 7 heteroatoms. The Morgan fingerprint density at radius 1 is 1.04 bits per heavy atom. The molecule has 1 aliphatic heterocycles. The summed E-state index contributed by atoms with van der Waals surface area (Å²) in [5.41, 5.74) is 0.662. The lowest BCUT2D eigenvalue weighted by Gasteiger charge is -2.35. The fraction of sp³-hybridized carbons (Fsp3) is 0.294. The van der Waals surface area contributed by atoms with Crippen molar-refractivity contribution in [3.8, 4) is 11.6 Å². The zero-order chi connectivity index (χ0) is 16.4. The van der Waals surface area contributed by atoms with Gasteiger partial charge < -0.3 is 13.8 Å². The van der Waals surface area contributed by atoms with Gasteiger partial charge in [0.25, 0.3) is 0 Å². The van der Waals surface area contributed by atoms with Gasteiger partial charge >= 0.3 is 0 Å². The van der Waals surface area contributed by atoms with Gasteiger partial charge in [0.15, 0.2) is 5.76 Å². The standard InChI is InChI=1S/C17H17FN4O2/c18-13-4-1-2-5-14(13)22-9-7-21(8-10-22)12-16-19-17(20-24-16)15-6-3-11-23-15/h1-6,11H,7-10,12H2. The number of para-hydroxylation sites is 1. The summed E-state index contributed by atoms with van der Waals surface area (Å²) in [5, 5.41) is 3.93. The van der Waals surface area contributed by atoms with Crippen LogP contribution in [0.4, 0.5) is 10.1 Å². The SMILES string of the molecule is Fc1ccccc1N1CCN(Cc2nc(-c3ccco3)no2)CC1. The van der Waals surface area contributed by atoms with Crippen LogP contribution in [-0.2, 0) is 6.54 Å². The maximum absolute atomic E-state index is 13.9. The van der Waals surface area contributed by atoms with E-state index in [1.54, 1.807) is 24.5 Å². The van der Waals surface area contributed by atoms with Crippen molar-refractivity contribution < 1.29 is 13.3 Å². The smallest absolute Gasteiger partial charge is 0.241 e. The van der Waals surface area contributed by atoms with Crippen LogP contribution in [0.3, 0.4) is 0 Å². The highest BCUT2D eigenvalue weighted by molar-refractivity contribution is 5.48. The molecule has 0 saturated carbocycles. The summed E-state index contributed by atoms with van der Waals surface area (Å²) in [6.45, 7) is 3.73. The molecule has 4 rings (SSSR count). The molecule has 0 aliphatic carbocycles. The van der Waals surface area contributed by atoms with E-state index in [1.165, 1.54) is 6.07 Å². The lowest BCUT2D eigenvalue weighted by atomic mass is 10.2. The molecular weight excluding hydrogens is 311 g/mol. The van der Waals surface area contributed by atoms with Crippen molar-refractivity contribution in [2.24, 2.45) is 0 Å². The summed E-state index contributed by atoms with van der Waals surface area (Å²) in [6, 6.07) is 10.5. The Balaban J connectivity index is 1.36. The zero-order valence-corrected chi connectivity index (χ0v) is 13.1. The summed E-state index contributed by atoms with van der Waals surface area (Å²) in [6.07, 6.45) is 1.58. The van der Waals surface area contributed by atoms with Crippen molar-refractivity contribution in [3.63, 3.8) is 0 Å². The van der Waals surface area contributed by atoms with E-state index >= 15 is 0 Å². The van der Waals surface area contributed by atoms with Crippen molar-refractivity contribution in [1.82, 2.24) is 15.0 Å². The normalized spacial score (nSPS) is 15.8. The van der Waals surface area contributed by atoms with Crippen molar-refractivity contribution in [2.45, 2.75) is 6.54 Å². The lowest BCUT2D eigenvalue weighted by molar-refractivity contribution is 0.215. The maximum Gasteiger partial charge on any atom is 0.241 e. The minimum Gasteiger partial charge on any atom is -0.461 e. The number of furan rings is 1. The molecule has 2 aromatic heterocycles. The van der Waals surface area contributed by atoms with Crippen LogP contribution >= 0.6 is 0 Å². The maximum atomic E-state index is 13.9. The molecule has 0 spiro atoms. The molecule has 1 aromatic carbocycles. The molecule has 1 fully saturated rings. The molecule has 3 aromatic rings. The van der Waals surface area contributed by atoms with Crippen molar-refractivity contribution in [1.29, 1.82) is 0 Å². The number of hydrogen-bond acceptors (Lipinski definition) is 6. The number of aromatic nitrogens is 2. The summed E-state index contributed by atoms with van der Waals surface area (Å²) >= 11 is 0. The quantitative estimate of drug-likeness (QED) is 0.734. The van der Waals surface area contributed by atoms with Gasteiger partial charge in [-0.25, -0.2) is 4.39 Å².